The quantitative estimate of drug-likeness (QED) is 0.783. The van der Waals surface area contributed by atoms with Gasteiger partial charge < -0.3 is 10.2 Å². The van der Waals surface area contributed by atoms with Crippen molar-refractivity contribution >= 4 is 11.3 Å². The third-order valence-electron chi connectivity index (χ3n) is 3.42. The zero-order chi connectivity index (χ0) is 11.9. The summed E-state index contributed by atoms with van der Waals surface area (Å²) in [6.07, 6.45) is 5.15. The molecule has 1 aliphatic rings. The SMILES string of the molecule is CCc1ccc(CCCCN2CCNCC2)s1. The van der Waals surface area contributed by atoms with E-state index < -0.39 is 0 Å². The average Bonchev–Trinajstić information content (AvgIpc) is 2.84. The lowest BCUT2D eigenvalue weighted by molar-refractivity contribution is 0.237. The standard InChI is InChI=1S/C14H24N2S/c1-2-13-6-7-14(17-13)5-3-4-10-16-11-8-15-9-12-16/h6-7,15H,2-5,8-12H2,1H3. The summed E-state index contributed by atoms with van der Waals surface area (Å²) in [5.41, 5.74) is 0. The van der Waals surface area contributed by atoms with E-state index in [9.17, 15) is 0 Å². The van der Waals surface area contributed by atoms with E-state index in [1.807, 2.05) is 11.3 Å². The monoisotopic (exact) mass is 252 g/mol. The molecule has 0 saturated carbocycles. The van der Waals surface area contributed by atoms with Crippen LogP contribution in [0.5, 0.6) is 0 Å². The molecule has 0 bridgehead atoms. The van der Waals surface area contributed by atoms with Crippen LogP contribution in [-0.4, -0.2) is 37.6 Å². The molecule has 1 N–H and O–H groups in total. The highest BCUT2D eigenvalue weighted by molar-refractivity contribution is 7.11. The zero-order valence-corrected chi connectivity index (χ0v) is 11.7. The molecule has 1 aromatic heterocycles. The Morgan fingerprint density at radius 3 is 2.65 bits per heavy atom. The predicted molar refractivity (Wildman–Crippen MR) is 75.9 cm³/mol. The third kappa shape index (κ3) is 4.41. The molecule has 96 valence electrons. The fourth-order valence-electron chi connectivity index (χ4n) is 2.32. The first-order valence-electron chi connectivity index (χ1n) is 6.89. The topological polar surface area (TPSA) is 15.3 Å². The van der Waals surface area contributed by atoms with E-state index in [1.54, 1.807) is 4.88 Å². The molecule has 2 heterocycles. The number of aryl methyl sites for hydroxylation is 2. The molecule has 0 atom stereocenters. The molecule has 0 amide bonds. The molecular formula is C14H24N2S. The molecule has 3 heteroatoms. The summed E-state index contributed by atoms with van der Waals surface area (Å²) in [7, 11) is 0. The maximum Gasteiger partial charge on any atom is 0.0107 e. The van der Waals surface area contributed by atoms with Gasteiger partial charge in [0.15, 0.2) is 0 Å². The Balaban J connectivity index is 1.59. The van der Waals surface area contributed by atoms with Crippen LogP contribution in [0.2, 0.25) is 0 Å². The van der Waals surface area contributed by atoms with Gasteiger partial charge in [0.05, 0.1) is 0 Å². The molecule has 0 aliphatic carbocycles. The molecular weight excluding hydrogens is 228 g/mol. The minimum absolute atomic E-state index is 1.17. The first-order valence-corrected chi connectivity index (χ1v) is 7.71. The lowest BCUT2D eigenvalue weighted by Crippen LogP contribution is -2.43. The van der Waals surface area contributed by atoms with E-state index >= 15 is 0 Å². The largest absolute Gasteiger partial charge is 0.314 e. The van der Waals surface area contributed by atoms with Crippen LogP contribution < -0.4 is 5.32 Å². The molecule has 0 aromatic carbocycles. The highest BCUT2D eigenvalue weighted by Crippen LogP contribution is 2.18. The minimum atomic E-state index is 1.17. The molecule has 2 rings (SSSR count). The normalized spacial score (nSPS) is 17.5. The van der Waals surface area contributed by atoms with Crippen LogP contribution in [0.25, 0.3) is 0 Å². The molecule has 17 heavy (non-hydrogen) atoms. The van der Waals surface area contributed by atoms with Crippen LogP contribution in [0.3, 0.4) is 0 Å². The molecule has 0 radical (unpaired) electrons. The molecule has 1 aliphatic heterocycles. The third-order valence-corrected chi connectivity index (χ3v) is 4.71. The number of thiophene rings is 1. The number of nitrogens with one attached hydrogen (secondary N) is 1. The van der Waals surface area contributed by atoms with Gasteiger partial charge in [-0.15, -0.1) is 11.3 Å². The van der Waals surface area contributed by atoms with Crippen LogP contribution in [0.1, 0.15) is 29.5 Å². The summed E-state index contributed by atoms with van der Waals surface area (Å²) >= 11 is 2.00. The summed E-state index contributed by atoms with van der Waals surface area (Å²) in [6, 6.07) is 4.60. The minimum Gasteiger partial charge on any atom is -0.314 e. The van der Waals surface area contributed by atoms with Gasteiger partial charge in [-0.2, -0.15) is 0 Å². The van der Waals surface area contributed by atoms with Gasteiger partial charge >= 0.3 is 0 Å². The highest BCUT2D eigenvalue weighted by atomic mass is 32.1. The Labute approximate surface area is 109 Å². The van der Waals surface area contributed by atoms with E-state index in [4.69, 9.17) is 0 Å². The lowest BCUT2D eigenvalue weighted by Gasteiger charge is -2.26. The average molecular weight is 252 g/mol. The van der Waals surface area contributed by atoms with Crippen LogP contribution in [-0.2, 0) is 12.8 Å². The summed E-state index contributed by atoms with van der Waals surface area (Å²) in [4.78, 5) is 5.69. The van der Waals surface area contributed by atoms with Crippen molar-refractivity contribution in [2.75, 3.05) is 32.7 Å². The van der Waals surface area contributed by atoms with E-state index in [0.29, 0.717) is 0 Å². The van der Waals surface area contributed by atoms with Crippen molar-refractivity contribution in [2.24, 2.45) is 0 Å². The fraction of sp³-hybridized carbons (Fsp3) is 0.714. The fourth-order valence-corrected chi connectivity index (χ4v) is 3.32. The van der Waals surface area contributed by atoms with E-state index in [0.717, 1.165) is 0 Å². The Bertz CT molecular complexity index is 316. The van der Waals surface area contributed by atoms with Crippen molar-refractivity contribution in [3.8, 4) is 0 Å². The van der Waals surface area contributed by atoms with Crippen LogP contribution in [0.4, 0.5) is 0 Å². The van der Waals surface area contributed by atoms with E-state index in [2.05, 4.69) is 29.3 Å². The summed E-state index contributed by atoms with van der Waals surface area (Å²) < 4.78 is 0. The molecule has 0 unspecified atom stereocenters. The first-order chi connectivity index (χ1) is 8.38. The van der Waals surface area contributed by atoms with Crippen molar-refractivity contribution in [1.82, 2.24) is 10.2 Å². The molecule has 2 nitrogen and oxygen atoms in total. The van der Waals surface area contributed by atoms with E-state index in [1.165, 1.54) is 63.3 Å². The van der Waals surface area contributed by atoms with Crippen molar-refractivity contribution < 1.29 is 0 Å². The smallest absolute Gasteiger partial charge is 0.0107 e. The number of rotatable bonds is 6. The number of nitrogens with zero attached hydrogens (tertiary/aromatic N) is 1. The van der Waals surface area contributed by atoms with Gasteiger partial charge in [-0.05, 0) is 44.4 Å². The van der Waals surface area contributed by atoms with Gasteiger partial charge in [0.2, 0.25) is 0 Å². The van der Waals surface area contributed by atoms with Gasteiger partial charge in [-0.3, -0.25) is 0 Å². The number of hydrogen-bond acceptors (Lipinski definition) is 3. The van der Waals surface area contributed by atoms with Gasteiger partial charge in [-0.25, -0.2) is 0 Å². The van der Waals surface area contributed by atoms with Gasteiger partial charge in [-0.1, -0.05) is 6.92 Å². The van der Waals surface area contributed by atoms with Crippen molar-refractivity contribution in [3.63, 3.8) is 0 Å². The highest BCUT2D eigenvalue weighted by Gasteiger charge is 2.08. The zero-order valence-electron chi connectivity index (χ0n) is 10.9. The number of hydrogen-bond donors (Lipinski definition) is 1. The molecule has 1 aromatic rings. The Morgan fingerprint density at radius 1 is 1.18 bits per heavy atom. The van der Waals surface area contributed by atoms with Gasteiger partial charge in [0.25, 0.3) is 0 Å². The maximum absolute atomic E-state index is 3.40. The number of piperazine rings is 1. The van der Waals surface area contributed by atoms with Crippen molar-refractivity contribution in [2.45, 2.75) is 32.6 Å². The Kier molecular flexibility index (Phi) is 5.49. The second kappa shape index (κ2) is 7.14. The first kappa shape index (κ1) is 13.1. The lowest BCUT2D eigenvalue weighted by atomic mass is 10.2. The summed E-state index contributed by atoms with van der Waals surface area (Å²) in [5.74, 6) is 0. The second-order valence-electron chi connectivity index (χ2n) is 4.77. The summed E-state index contributed by atoms with van der Waals surface area (Å²) in [5, 5.41) is 3.40. The van der Waals surface area contributed by atoms with Crippen LogP contribution >= 0.6 is 11.3 Å². The molecule has 0 spiro atoms. The van der Waals surface area contributed by atoms with Gasteiger partial charge in [0, 0.05) is 35.9 Å². The molecule has 1 fully saturated rings. The van der Waals surface area contributed by atoms with Crippen LogP contribution in [0, 0.1) is 0 Å². The van der Waals surface area contributed by atoms with E-state index in [-0.39, 0.29) is 0 Å². The molecule has 1 saturated heterocycles. The van der Waals surface area contributed by atoms with Crippen LogP contribution in [0.15, 0.2) is 12.1 Å². The van der Waals surface area contributed by atoms with Crippen molar-refractivity contribution in [3.05, 3.63) is 21.9 Å². The number of unbranched alkanes of at least 4 members (excludes halogenated alkanes) is 1. The second-order valence-corrected chi connectivity index (χ2v) is 6.02. The summed E-state index contributed by atoms with van der Waals surface area (Å²) in [6.45, 7) is 8.33. The van der Waals surface area contributed by atoms with Gasteiger partial charge in [0.1, 0.15) is 0 Å². The Hall–Kier alpha value is -0.380. The van der Waals surface area contributed by atoms with Crippen molar-refractivity contribution in [1.29, 1.82) is 0 Å². The predicted octanol–water partition coefficient (Wildman–Crippen LogP) is 2.54. The maximum atomic E-state index is 3.40. The Morgan fingerprint density at radius 2 is 1.94 bits per heavy atom.